The van der Waals surface area contributed by atoms with Crippen LogP contribution in [0.3, 0.4) is 0 Å². The van der Waals surface area contributed by atoms with E-state index in [9.17, 15) is 14.4 Å². The van der Waals surface area contributed by atoms with Gasteiger partial charge in [-0.25, -0.2) is 14.4 Å². The summed E-state index contributed by atoms with van der Waals surface area (Å²) in [5.74, 6) is -2.81. The quantitative estimate of drug-likeness (QED) is 0.238. The fourth-order valence-electron chi connectivity index (χ4n) is 0.218. The first kappa shape index (κ1) is 38.4. The van der Waals surface area contributed by atoms with Crippen LogP contribution >= 0.6 is 0 Å². The molecule has 0 bridgehead atoms. The van der Waals surface area contributed by atoms with Gasteiger partial charge in [0.25, 0.3) is 0 Å². The van der Waals surface area contributed by atoms with Crippen LogP contribution in [0.15, 0.2) is 62.1 Å². The molecule has 180 valence electrons. The van der Waals surface area contributed by atoms with E-state index in [-0.39, 0.29) is 36.5 Å². The molecule has 0 fully saturated rings. The lowest BCUT2D eigenvalue weighted by molar-refractivity contribution is -0.133. The molecule has 0 rings (SSSR count). The summed E-state index contributed by atoms with van der Waals surface area (Å²) < 4.78 is 4.36. The Morgan fingerprint density at radius 3 is 0.871 bits per heavy atom. The first-order chi connectivity index (χ1) is 14.0. The highest BCUT2D eigenvalue weighted by atomic mass is 16.5. The molecule has 0 unspecified atom stereocenters. The van der Waals surface area contributed by atoms with Crippen LogP contribution in [-0.4, -0.2) is 68.4 Å². The minimum absolute atomic E-state index is 0.176. The van der Waals surface area contributed by atoms with Crippen LogP contribution in [0, 0.1) is 5.41 Å². The Labute approximate surface area is 183 Å². The van der Waals surface area contributed by atoms with Gasteiger partial charge in [-0.05, 0) is 20.8 Å². The molecule has 0 saturated carbocycles. The van der Waals surface area contributed by atoms with E-state index in [1.54, 1.807) is 6.92 Å². The summed E-state index contributed by atoms with van der Waals surface area (Å²) in [7, 11) is 0. The van der Waals surface area contributed by atoms with Gasteiger partial charge in [-0.1, -0.05) is 39.8 Å². The van der Waals surface area contributed by atoms with Gasteiger partial charge in [-0.2, -0.15) is 0 Å². The van der Waals surface area contributed by atoms with Crippen LogP contribution in [0.25, 0.3) is 0 Å². The molecule has 0 aliphatic heterocycles. The molecule has 0 aromatic heterocycles. The average molecular weight is 449 g/mol. The second kappa shape index (κ2) is 24.8. The van der Waals surface area contributed by atoms with Gasteiger partial charge in [-0.15, -0.1) is 0 Å². The van der Waals surface area contributed by atoms with E-state index in [2.05, 4.69) is 37.6 Å². The lowest BCUT2D eigenvalue weighted by Gasteiger charge is -2.20. The van der Waals surface area contributed by atoms with Crippen LogP contribution in [0.4, 0.5) is 0 Å². The number of ether oxygens (including phenoxy) is 1. The zero-order valence-corrected chi connectivity index (χ0v) is 18.6. The second-order valence-corrected chi connectivity index (χ2v) is 6.01. The van der Waals surface area contributed by atoms with Gasteiger partial charge in [-0.3, -0.25) is 0 Å². The number of hydrogen-bond donors (Lipinski definition) is 6. The third-order valence-corrected chi connectivity index (χ3v) is 2.43. The lowest BCUT2D eigenvalue weighted by Crippen LogP contribution is -2.29. The monoisotopic (exact) mass is 448 g/mol. The molecule has 0 atom stereocenters. The summed E-state index contributed by atoms with van der Waals surface area (Å²) in [4.78, 5) is 28.8. The number of aliphatic hydroxyl groups is 3. The van der Waals surface area contributed by atoms with Gasteiger partial charge < -0.3 is 35.4 Å². The predicted octanol–water partition coefficient (Wildman–Crippen LogP) is 2.20. The largest absolute Gasteiger partial charge is 0.478 e. The summed E-state index contributed by atoms with van der Waals surface area (Å²) in [6, 6.07) is 0. The Bertz CT molecular complexity index is 480. The van der Waals surface area contributed by atoms with E-state index in [4.69, 9.17) is 30.6 Å². The van der Waals surface area contributed by atoms with Gasteiger partial charge in [0.2, 0.25) is 0 Å². The molecule has 31 heavy (non-hydrogen) atoms. The Balaban J connectivity index is -0.0000000917. The van der Waals surface area contributed by atoms with Crippen LogP contribution in [0.2, 0.25) is 0 Å². The molecule has 0 heterocycles. The summed E-state index contributed by atoms with van der Waals surface area (Å²) in [5, 5.41) is 49.1. The predicted molar refractivity (Wildman–Crippen MR) is 118 cm³/mol. The number of aliphatic hydroxyl groups excluding tert-OH is 3. The minimum Gasteiger partial charge on any atom is -0.478 e. The summed E-state index contributed by atoms with van der Waals surface area (Å²) in [5.41, 5.74) is -0.181. The van der Waals surface area contributed by atoms with Crippen molar-refractivity contribution in [3.05, 3.63) is 62.1 Å². The highest BCUT2D eigenvalue weighted by Crippen LogP contribution is 2.10. The summed E-state index contributed by atoms with van der Waals surface area (Å²) in [6.45, 7) is 21.4. The van der Waals surface area contributed by atoms with E-state index in [1.807, 2.05) is 0 Å². The van der Waals surface area contributed by atoms with Gasteiger partial charge in [0.1, 0.15) is 0 Å². The third-order valence-electron chi connectivity index (χ3n) is 2.43. The number of aliphatic carboxylic acids is 3. The smallest absolute Gasteiger partial charge is 0.330 e. The SMILES string of the molecule is C=C(C)C(=O)O.C=C(C)C(=O)O.C=C(C)C(=O)O.C=COC=C.CC(CO)(CO)CO. The van der Waals surface area contributed by atoms with E-state index >= 15 is 0 Å². The average Bonchev–Trinajstić information content (AvgIpc) is 2.69. The third kappa shape index (κ3) is 42.0. The number of rotatable bonds is 8. The molecule has 6 N–H and O–H groups in total. The second-order valence-electron chi connectivity index (χ2n) is 6.01. The molecule has 0 spiro atoms. The van der Waals surface area contributed by atoms with Crippen LogP contribution < -0.4 is 0 Å². The fourth-order valence-corrected chi connectivity index (χ4v) is 0.218. The molecular weight excluding hydrogens is 412 g/mol. The molecule has 10 nitrogen and oxygen atoms in total. The number of carboxylic acids is 3. The van der Waals surface area contributed by atoms with Crippen molar-refractivity contribution in [2.24, 2.45) is 5.41 Å². The fraction of sp³-hybridized carbons (Fsp3) is 0.381. The van der Waals surface area contributed by atoms with Crippen molar-refractivity contribution in [2.45, 2.75) is 27.7 Å². The molecular formula is C21H36O10. The zero-order chi connectivity index (χ0) is 26.2. The Kier molecular flexibility index (Phi) is 30.8. The van der Waals surface area contributed by atoms with Crippen LogP contribution in [0.5, 0.6) is 0 Å². The maximum Gasteiger partial charge on any atom is 0.330 e. The highest BCUT2D eigenvalue weighted by Gasteiger charge is 2.20. The first-order valence-corrected chi connectivity index (χ1v) is 8.39. The first-order valence-electron chi connectivity index (χ1n) is 8.39. The van der Waals surface area contributed by atoms with Crippen LogP contribution in [0.1, 0.15) is 27.7 Å². The number of carbonyl (C=O) groups is 3. The molecule has 0 aromatic rings. The normalized spacial score (nSPS) is 8.35. The molecule has 0 aromatic carbocycles. The number of hydrogen-bond acceptors (Lipinski definition) is 7. The van der Waals surface area contributed by atoms with Crippen molar-refractivity contribution in [1.82, 2.24) is 0 Å². The van der Waals surface area contributed by atoms with E-state index in [1.165, 1.54) is 33.3 Å². The summed E-state index contributed by atoms with van der Waals surface area (Å²) >= 11 is 0. The molecule has 0 aliphatic rings. The van der Waals surface area contributed by atoms with Gasteiger partial charge in [0.05, 0.1) is 32.3 Å². The maximum atomic E-state index is 9.60. The van der Waals surface area contributed by atoms with Crippen LogP contribution in [-0.2, 0) is 19.1 Å². The Morgan fingerprint density at radius 2 is 0.871 bits per heavy atom. The van der Waals surface area contributed by atoms with Crippen molar-refractivity contribution in [2.75, 3.05) is 19.8 Å². The van der Waals surface area contributed by atoms with Crippen molar-refractivity contribution >= 4 is 17.9 Å². The highest BCUT2D eigenvalue weighted by molar-refractivity contribution is 5.85. The minimum atomic E-state index is -0.935. The van der Waals surface area contributed by atoms with Gasteiger partial charge in [0, 0.05) is 22.1 Å². The Hall–Kier alpha value is -3.21. The zero-order valence-electron chi connectivity index (χ0n) is 18.6. The van der Waals surface area contributed by atoms with Crippen molar-refractivity contribution < 1.29 is 49.8 Å². The number of carboxylic acid groups (broad SMARTS) is 3. The standard InChI is InChI=1S/C5H12O3.3C4H6O2.C4H6O/c1-5(2-6,3-7)4-8;3*1-3(2)4(5)6;1-3-5-4-2/h6-8H,2-4H2,1H3;3*1H2,2H3,(H,5,6);3-4H,1-2H2. The lowest BCUT2D eigenvalue weighted by atomic mass is 9.95. The molecule has 0 saturated heterocycles. The maximum absolute atomic E-state index is 9.60. The van der Waals surface area contributed by atoms with Crippen molar-refractivity contribution in [3.8, 4) is 0 Å². The van der Waals surface area contributed by atoms with E-state index in [0.29, 0.717) is 0 Å². The van der Waals surface area contributed by atoms with E-state index in [0.717, 1.165) is 0 Å². The molecule has 0 amide bonds. The molecule has 0 radical (unpaired) electrons. The molecule has 10 heteroatoms. The van der Waals surface area contributed by atoms with E-state index < -0.39 is 23.3 Å². The van der Waals surface area contributed by atoms with Gasteiger partial charge >= 0.3 is 17.9 Å². The van der Waals surface area contributed by atoms with Crippen molar-refractivity contribution in [3.63, 3.8) is 0 Å². The Morgan fingerprint density at radius 1 is 0.710 bits per heavy atom. The van der Waals surface area contributed by atoms with Gasteiger partial charge in [0.15, 0.2) is 0 Å². The topological polar surface area (TPSA) is 182 Å². The molecule has 0 aliphatic carbocycles. The van der Waals surface area contributed by atoms with Crippen molar-refractivity contribution in [1.29, 1.82) is 0 Å². The summed E-state index contributed by atoms with van der Waals surface area (Å²) in [6.07, 6.45) is 2.62.